The van der Waals surface area contributed by atoms with Gasteiger partial charge in [-0.3, -0.25) is 0 Å². The molecule has 2 rings (SSSR count). The van der Waals surface area contributed by atoms with Crippen molar-refractivity contribution in [2.75, 3.05) is 7.11 Å². The molecule has 12 heavy (non-hydrogen) atoms. The number of aromatic nitrogens is 3. The molecule has 0 saturated heterocycles. The first kappa shape index (κ1) is 6.90. The first-order valence-corrected chi connectivity index (χ1v) is 3.40. The van der Waals surface area contributed by atoms with Gasteiger partial charge in [-0.25, -0.2) is 0 Å². The van der Waals surface area contributed by atoms with Gasteiger partial charge in [0.1, 0.15) is 23.9 Å². The third-order valence-corrected chi connectivity index (χ3v) is 1.57. The molecule has 62 valence electrons. The topological polar surface area (TPSA) is 60.2 Å². The second-order valence-electron chi connectivity index (χ2n) is 2.32. The van der Waals surface area contributed by atoms with Crippen molar-refractivity contribution < 1.29 is 9.94 Å². The van der Waals surface area contributed by atoms with Crippen molar-refractivity contribution in [3.05, 3.63) is 18.2 Å². The number of phenolic OH excluding ortho intramolecular Hbond substituents is 1. The third kappa shape index (κ3) is 0.868. The second kappa shape index (κ2) is 2.37. The number of benzene rings is 1. The van der Waals surface area contributed by atoms with Crippen LogP contribution in [0.3, 0.4) is 0 Å². The van der Waals surface area contributed by atoms with Crippen molar-refractivity contribution in [1.29, 1.82) is 0 Å². The van der Waals surface area contributed by atoms with E-state index in [4.69, 9.17) is 9.94 Å². The number of nitrogens with zero attached hydrogens (tertiary/aromatic N) is 3. The molecule has 5 nitrogen and oxygen atoms in total. The Morgan fingerprint density at radius 1 is 1.50 bits per heavy atom. The summed E-state index contributed by atoms with van der Waals surface area (Å²) in [5.74, 6) is 0.170. The number of hydrogen-bond acceptors (Lipinski definition) is 4. The van der Waals surface area contributed by atoms with E-state index >= 15 is 0 Å². The maximum atomic E-state index is 9.14. The first-order chi connectivity index (χ1) is 5.81. The Kier molecular flexibility index (Phi) is 1.36. The maximum absolute atomic E-state index is 9.14. The van der Waals surface area contributed by atoms with Crippen LogP contribution >= 0.6 is 0 Å². The Morgan fingerprint density at radius 2 is 2.33 bits per heavy atom. The molecule has 1 aromatic heterocycles. The Morgan fingerprint density at radius 3 is 3.08 bits per heavy atom. The molecule has 5 heteroatoms. The largest absolute Gasteiger partial charge is 0.508 e. The van der Waals surface area contributed by atoms with Gasteiger partial charge in [0.25, 0.3) is 0 Å². The monoisotopic (exact) mass is 165 g/mol. The second-order valence-corrected chi connectivity index (χ2v) is 2.32. The van der Waals surface area contributed by atoms with Crippen molar-refractivity contribution in [1.82, 2.24) is 15.2 Å². The molecule has 0 bridgehead atoms. The van der Waals surface area contributed by atoms with E-state index in [2.05, 4.69) is 10.3 Å². The Hall–Kier alpha value is -1.78. The zero-order valence-electron chi connectivity index (χ0n) is 6.43. The summed E-state index contributed by atoms with van der Waals surface area (Å²) < 4.78 is 0. The Balaban J connectivity index is 2.75. The van der Waals surface area contributed by atoms with Gasteiger partial charge in [0, 0.05) is 6.07 Å². The minimum absolute atomic E-state index is 0.170. The normalized spacial score (nSPS) is 10.4. The molecule has 0 aliphatic heterocycles. The van der Waals surface area contributed by atoms with Crippen LogP contribution in [0, 0.1) is 0 Å². The third-order valence-electron chi connectivity index (χ3n) is 1.57. The summed E-state index contributed by atoms with van der Waals surface area (Å²) in [6.45, 7) is 0. The summed E-state index contributed by atoms with van der Waals surface area (Å²) in [6.07, 6.45) is 0. The number of aromatic hydroxyl groups is 1. The van der Waals surface area contributed by atoms with Crippen LogP contribution in [-0.2, 0) is 0 Å². The van der Waals surface area contributed by atoms with Crippen molar-refractivity contribution in [3.8, 4) is 5.75 Å². The molecule has 0 spiro atoms. The number of phenols is 1. The van der Waals surface area contributed by atoms with Crippen molar-refractivity contribution >= 4 is 11.0 Å². The summed E-state index contributed by atoms with van der Waals surface area (Å²) in [7, 11) is 1.48. The highest BCUT2D eigenvalue weighted by molar-refractivity contribution is 5.75. The quantitative estimate of drug-likeness (QED) is 0.655. The van der Waals surface area contributed by atoms with E-state index < -0.39 is 0 Å². The molecule has 0 amide bonds. The van der Waals surface area contributed by atoms with E-state index in [1.165, 1.54) is 12.0 Å². The molecule has 0 aliphatic carbocycles. The molecule has 2 aromatic rings. The van der Waals surface area contributed by atoms with Gasteiger partial charge in [-0.15, -0.1) is 5.10 Å². The summed E-state index contributed by atoms with van der Waals surface area (Å²) >= 11 is 0. The lowest BCUT2D eigenvalue weighted by molar-refractivity contribution is 0.139. The molecule has 0 atom stereocenters. The molecular weight excluding hydrogens is 158 g/mol. The predicted octanol–water partition coefficient (Wildman–Crippen LogP) is 0.195. The lowest BCUT2D eigenvalue weighted by Crippen LogP contribution is -2.06. The SMILES string of the molecule is COn1nnc2ccc(O)cc21. The van der Waals surface area contributed by atoms with Crippen LogP contribution < -0.4 is 4.84 Å². The van der Waals surface area contributed by atoms with Gasteiger partial charge in [-0.1, -0.05) is 4.85 Å². The van der Waals surface area contributed by atoms with E-state index in [0.29, 0.717) is 11.0 Å². The predicted molar refractivity (Wildman–Crippen MR) is 41.7 cm³/mol. The first-order valence-electron chi connectivity index (χ1n) is 3.40. The van der Waals surface area contributed by atoms with Gasteiger partial charge in [-0.05, 0) is 17.3 Å². The van der Waals surface area contributed by atoms with Crippen LogP contribution in [0.25, 0.3) is 11.0 Å². The lowest BCUT2D eigenvalue weighted by Gasteiger charge is -1.96. The molecule has 0 fully saturated rings. The summed E-state index contributed by atoms with van der Waals surface area (Å²) in [5.41, 5.74) is 1.34. The molecule has 1 aromatic carbocycles. The minimum atomic E-state index is 0.170. The minimum Gasteiger partial charge on any atom is -0.508 e. The van der Waals surface area contributed by atoms with Gasteiger partial charge in [0.2, 0.25) is 0 Å². The smallest absolute Gasteiger partial charge is 0.134 e. The maximum Gasteiger partial charge on any atom is 0.134 e. The van der Waals surface area contributed by atoms with Crippen molar-refractivity contribution in [2.45, 2.75) is 0 Å². The zero-order valence-corrected chi connectivity index (χ0v) is 6.43. The average Bonchev–Trinajstić information content (AvgIpc) is 2.46. The van der Waals surface area contributed by atoms with Crippen LogP contribution in [0.1, 0.15) is 0 Å². The molecule has 0 saturated carbocycles. The highest BCUT2D eigenvalue weighted by atomic mass is 16.7. The number of hydrogen-bond donors (Lipinski definition) is 1. The summed E-state index contributed by atoms with van der Waals surface area (Å²) in [5, 5.41) is 16.6. The standard InChI is InChI=1S/C7H7N3O2/c1-12-10-7-4-5(11)2-3-6(7)8-9-10/h2-4,11H,1H3. The Labute approximate surface area is 68.1 Å². The highest BCUT2D eigenvalue weighted by Gasteiger charge is 2.03. The van der Waals surface area contributed by atoms with E-state index in [1.54, 1.807) is 18.2 Å². The van der Waals surface area contributed by atoms with Crippen LogP contribution in [0.5, 0.6) is 5.75 Å². The van der Waals surface area contributed by atoms with Crippen LogP contribution in [0.15, 0.2) is 18.2 Å². The van der Waals surface area contributed by atoms with Crippen molar-refractivity contribution in [2.24, 2.45) is 0 Å². The molecular formula is C7H7N3O2. The van der Waals surface area contributed by atoms with Crippen LogP contribution in [0.4, 0.5) is 0 Å². The van der Waals surface area contributed by atoms with Gasteiger partial charge in [0.15, 0.2) is 0 Å². The molecule has 0 unspecified atom stereocenters. The average molecular weight is 165 g/mol. The van der Waals surface area contributed by atoms with E-state index in [0.717, 1.165) is 0 Å². The molecule has 0 aliphatic rings. The van der Waals surface area contributed by atoms with Gasteiger partial charge in [0.05, 0.1) is 0 Å². The number of fused-ring (bicyclic) bond motifs is 1. The lowest BCUT2D eigenvalue weighted by atomic mass is 10.3. The fraction of sp³-hybridized carbons (Fsp3) is 0.143. The zero-order chi connectivity index (χ0) is 8.55. The molecule has 1 N–H and O–H groups in total. The van der Waals surface area contributed by atoms with E-state index in [1.807, 2.05) is 0 Å². The van der Waals surface area contributed by atoms with E-state index in [-0.39, 0.29) is 5.75 Å². The Bertz CT molecular complexity index is 410. The summed E-state index contributed by atoms with van der Waals surface area (Å²) in [6, 6.07) is 4.77. The molecule has 1 heterocycles. The van der Waals surface area contributed by atoms with E-state index in [9.17, 15) is 0 Å². The fourth-order valence-corrected chi connectivity index (χ4v) is 1.02. The van der Waals surface area contributed by atoms with Gasteiger partial charge in [-0.2, -0.15) is 0 Å². The summed E-state index contributed by atoms with van der Waals surface area (Å²) in [4.78, 5) is 6.10. The highest BCUT2D eigenvalue weighted by Crippen LogP contribution is 2.16. The van der Waals surface area contributed by atoms with Gasteiger partial charge < -0.3 is 9.94 Å². The molecule has 0 radical (unpaired) electrons. The number of rotatable bonds is 1. The van der Waals surface area contributed by atoms with Crippen LogP contribution in [-0.4, -0.2) is 27.4 Å². The van der Waals surface area contributed by atoms with Gasteiger partial charge >= 0.3 is 0 Å². The fourth-order valence-electron chi connectivity index (χ4n) is 1.02. The van der Waals surface area contributed by atoms with Crippen molar-refractivity contribution in [3.63, 3.8) is 0 Å². The van der Waals surface area contributed by atoms with Crippen LogP contribution in [0.2, 0.25) is 0 Å².